The molecule has 5 fully saturated rings. The van der Waals surface area contributed by atoms with Gasteiger partial charge in [0.25, 0.3) is 0 Å². The molecule has 5 saturated carbocycles. The third-order valence-corrected chi connectivity index (χ3v) is 7.55. The van der Waals surface area contributed by atoms with Crippen molar-refractivity contribution in [2.24, 2.45) is 47.2 Å². The fourth-order valence-electron chi connectivity index (χ4n) is 7.16. The number of hydrogen-bond acceptors (Lipinski definition) is 1. The van der Waals surface area contributed by atoms with Crippen LogP contribution in [0.15, 0.2) is 0 Å². The van der Waals surface area contributed by atoms with Crippen molar-refractivity contribution in [2.45, 2.75) is 70.6 Å². The maximum Gasteiger partial charge on any atom is -0.00744 e. The summed E-state index contributed by atoms with van der Waals surface area (Å²) in [5, 5.41) is 0. The van der Waals surface area contributed by atoms with Gasteiger partial charge in [-0.15, -0.1) is 0 Å². The summed E-state index contributed by atoms with van der Waals surface area (Å²) in [5.74, 6) is 7.56. The summed E-state index contributed by atoms with van der Waals surface area (Å²) in [5.41, 5.74) is 6.03. The molecule has 5 aliphatic rings. The minimum atomic E-state index is 0.934. The molecule has 0 heterocycles. The molecule has 1 unspecified atom stereocenters. The van der Waals surface area contributed by atoms with Gasteiger partial charge in [-0.2, -0.15) is 0 Å². The summed E-state index contributed by atoms with van der Waals surface area (Å²) in [7, 11) is 0. The van der Waals surface area contributed by atoms with Crippen LogP contribution in [0.1, 0.15) is 70.6 Å². The lowest BCUT2D eigenvalue weighted by molar-refractivity contribution is -0.0774. The maximum atomic E-state index is 6.03. The lowest BCUT2D eigenvalue weighted by atomic mass is 9.48. The van der Waals surface area contributed by atoms with Crippen molar-refractivity contribution in [2.75, 3.05) is 6.54 Å². The van der Waals surface area contributed by atoms with Crippen LogP contribution in [0.4, 0.5) is 0 Å². The average molecular weight is 275 g/mol. The Morgan fingerprint density at radius 2 is 1.40 bits per heavy atom. The zero-order chi connectivity index (χ0) is 13.5. The first kappa shape index (κ1) is 13.6. The fourth-order valence-corrected chi connectivity index (χ4v) is 7.16. The van der Waals surface area contributed by atoms with Crippen LogP contribution in [0, 0.1) is 41.4 Å². The highest BCUT2D eigenvalue weighted by atomic mass is 14.6. The van der Waals surface area contributed by atoms with Crippen LogP contribution in [0.2, 0.25) is 0 Å². The van der Waals surface area contributed by atoms with E-state index in [4.69, 9.17) is 5.73 Å². The topological polar surface area (TPSA) is 26.0 Å². The van der Waals surface area contributed by atoms with E-state index in [0.29, 0.717) is 0 Å². The molecular weight excluding hydrogens is 242 g/mol. The molecule has 1 atom stereocenters. The van der Waals surface area contributed by atoms with Gasteiger partial charge in [-0.25, -0.2) is 0 Å². The van der Waals surface area contributed by atoms with Crippen molar-refractivity contribution in [1.82, 2.24) is 0 Å². The highest BCUT2D eigenvalue weighted by Gasteiger charge is 2.51. The Bertz CT molecular complexity index is 303. The largest absolute Gasteiger partial charge is 0.330 e. The molecule has 0 spiro atoms. The van der Waals surface area contributed by atoms with Crippen molar-refractivity contribution in [3.05, 3.63) is 0 Å². The summed E-state index contributed by atoms with van der Waals surface area (Å²) in [6, 6.07) is 0. The summed E-state index contributed by atoms with van der Waals surface area (Å²) in [4.78, 5) is 0. The molecule has 1 nitrogen and oxygen atoms in total. The minimum absolute atomic E-state index is 0.934. The van der Waals surface area contributed by atoms with Gasteiger partial charge in [-0.05, 0) is 86.5 Å². The molecule has 0 amide bonds. The quantitative estimate of drug-likeness (QED) is 0.797. The Hall–Kier alpha value is -0.0400. The van der Waals surface area contributed by atoms with Crippen molar-refractivity contribution < 1.29 is 0 Å². The number of hydrogen-bond donors (Lipinski definition) is 1. The van der Waals surface area contributed by atoms with E-state index in [2.05, 4.69) is 0 Å². The summed E-state index contributed by atoms with van der Waals surface area (Å²) in [6.45, 7) is 0.934. The predicted molar refractivity (Wildman–Crippen MR) is 84.3 cm³/mol. The molecule has 0 aromatic carbocycles. The third kappa shape index (κ3) is 2.34. The minimum Gasteiger partial charge on any atom is -0.330 e. The molecule has 20 heavy (non-hydrogen) atoms. The fraction of sp³-hybridized carbons (Fsp3) is 1.00. The van der Waals surface area contributed by atoms with E-state index in [1.807, 2.05) is 0 Å². The lowest BCUT2D eigenvalue weighted by Gasteiger charge is -2.58. The van der Waals surface area contributed by atoms with E-state index in [1.165, 1.54) is 38.5 Å². The molecule has 5 rings (SSSR count). The zero-order valence-corrected chi connectivity index (χ0v) is 13.1. The Morgan fingerprint density at radius 1 is 0.800 bits per heavy atom. The van der Waals surface area contributed by atoms with E-state index in [9.17, 15) is 0 Å². The summed E-state index contributed by atoms with van der Waals surface area (Å²) >= 11 is 0. The van der Waals surface area contributed by atoms with Crippen molar-refractivity contribution in [1.29, 1.82) is 0 Å². The Labute approximate surface area is 125 Å². The maximum absolute atomic E-state index is 6.03. The molecule has 4 bridgehead atoms. The zero-order valence-electron chi connectivity index (χ0n) is 13.1. The smallest absolute Gasteiger partial charge is 0.00744 e. The van der Waals surface area contributed by atoms with E-state index in [1.54, 1.807) is 32.1 Å². The molecule has 0 saturated heterocycles. The SMILES string of the molecule is NCCC(C1CCCCC1)C1C2CC3CC(C2)CC1C3. The molecule has 1 heteroatoms. The first-order valence-corrected chi connectivity index (χ1v) is 9.55. The highest BCUT2D eigenvalue weighted by Crippen LogP contribution is 2.60. The number of nitrogens with two attached hydrogens (primary N) is 1. The third-order valence-electron chi connectivity index (χ3n) is 7.55. The Kier molecular flexibility index (Phi) is 3.83. The monoisotopic (exact) mass is 275 g/mol. The molecule has 5 aliphatic carbocycles. The van der Waals surface area contributed by atoms with Gasteiger partial charge >= 0.3 is 0 Å². The second-order valence-corrected chi connectivity index (χ2v) is 8.65. The average Bonchev–Trinajstić information content (AvgIpc) is 2.46. The Morgan fingerprint density at radius 3 is 1.95 bits per heavy atom. The van der Waals surface area contributed by atoms with Crippen LogP contribution < -0.4 is 5.73 Å². The molecule has 114 valence electrons. The normalized spacial score (nSPS) is 45.8. The second-order valence-electron chi connectivity index (χ2n) is 8.65. The van der Waals surface area contributed by atoms with Gasteiger partial charge in [-0.3, -0.25) is 0 Å². The van der Waals surface area contributed by atoms with Crippen LogP contribution in [0.3, 0.4) is 0 Å². The predicted octanol–water partition coefficient (Wildman–Crippen LogP) is 4.60. The van der Waals surface area contributed by atoms with E-state index >= 15 is 0 Å². The standard InChI is InChI=1S/C19H33N/c20-7-6-18(15-4-2-1-3-5-15)19-16-9-13-8-14(11-16)12-17(19)10-13/h13-19H,1-12,20H2. The van der Waals surface area contributed by atoms with Crippen molar-refractivity contribution >= 4 is 0 Å². The van der Waals surface area contributed by atoms with Crippen molar-refractivity contribution in [3.63, 3.8) is 0 Å². The van der Waals surface area contributed by atoms with E-state index in [-0.39, 0.29) is 0 Å². The molecule has 0 aromatic rings. The first-order chi connectivity index (χ1) is 9.85. The molecular formula is C19H33N. The first-order valence-electron chi connectivity index (χ1n) is 9.55. The van der Waals surface area contributed by atoms with Crippen LogP contribution in [0.5, 0.6) is 0 Å². The van der Waals surface area contributed by atoms with Crippen LogP contribution in [-0.4, -0.2) is 6.54 Å². The molecule has 2 N–H and O–H groups in total. The summed E-state index contributed by atoms with van der Waals surface area (Å²) < 4.78 is 0. The lowest BCUT2D eigenvalue weighted by Crippen LogP contribution is -2.49. The second kappa shape index (κ2) is 5.63. The highest BCUT2D eigenvalue weighted by molar-refractivity contribution is 5.01. The van der Waals surface area contributed by atoms with Crippen molar-refractivity contribution in [3.8, 4) is 0 Å². The van der Waals surface area contributed by atoms with Crippen LogP contribution in [0.25, 0.3) is 0 Å². The van der Waals surface area contributed by atoms with Gasteiger partial charge in [-0.1, -0.05) is 32.1 Å². The number of rotatable bonds is 4. The van der Waals surface area contributed by atoms with Gasteiger partial charge in [0.1, 0.15) is 0 Å². The van der Waals surface area contributed by atoms with Gasteiger partial charge in [0.2, 0.25) is 0 Å². The Balaban J connectivity index is 1.53. The summed E-state index contributed by atoms with van der Waals surface area (Å²) in [6.07, 6.45) is 16.8. The van der Waals surface area contributed by atoms with E-state index < -0.39 is 0 Å². The van der Waals surface area contributed by atoms with Crippen LogP contribution in [-0.2, 0) is 0 Å². The molecule has 0 radical (unpaired) electrons. The van der Waals surface area contributed by atoms with Gasteiger partial charge < -0.3 is 5.73 Å². The van der Waals surface area contributed by atoms with E-state index in [0.717, 1.165) is 48.0 Å². The molecule has 0 aromatic heterocycles. The molecule has 0 aliphatic heterocycles. The van der Waals surface area contributed by atoms with Gasteiger partial charge in [0, 0.05) is 0 Å². The van der Waals surface area contributed by atoms with Gasteiger partial charge in [0.05, 0.1) is 0 Å². The van der Waals surface area contributed by atoms with Crippen LogP contribution >= 0.6 is 0 Å². The van der Waals surface area contributed by atoms with Gasteiger partial charge in [0.15, 0.2) is 0 Å².